The molecule has 0 amide bonds. The van der Waals surface area contributed by atoms with Gasteiger partial charge in [0.1, 0.15) is 0 Å². The third-order valence-electron chi connectivity index (χ3n) is 19.2. The molecule has 1 spiro atoms. The second-order valence-corrected chi connectivity index (χ2v) is 44.0. The molecule has 6 atom stereocenters. The molecule has 0 aromatic heterocycles. The number of hydrogen-bond acceptors (Lipinski definition) is 0. The molecule has 2 aromatic carbocycles. The van der Waals surface area contributed by atoms with Gasteiger partial charge in [-0.1, -0.05) is 0 Å². The maximum absolute atomic E-state index is 3.49. The molecule has 10 aliphatic rings. The monoisotopic (exact) mass is 486 g/mol. The predicted molar refractivity (Wildman–Crippen MR) is 132 cm³/mol. The molecule has 162 valence electrons. The van der Waals surface area contributed by atoms with Gasteiger partial charge in [-0.25, -0.2) is 0 Å². The van der Waals surface area contributed by atoms with Gasteiger partial charge in [-0.15, -0.1) is 0 Å². The van der Waals surface area contributed by atoms with Crippen LogP contribution in [0.2, 0.25) is 42.8 Å². The minimum absolute atomic E-state index is 0.174. The van der Waals surface area contributed by atoms with Gasteiger partial charge in [0.25, 0.3) is 0 Å². The van der Waals surface area contributed by atoms with E-state index in [4.69, 9.17) is 0 Å². The number of benzene rings is 2. The Labute approximate surface area is 178 Å². The van der Waals surface area contributed by atoms with Crippen molar-refractivity contribution in [2.45, 2.75) is 73.3 Å². The molecule has 10 heterocycles. The zero-order valence-electron chi connectivity index (χ0n) is 18.6. The Hall–Kier alpha value is -0.181. The summed E-state index contributed by atoms with van der Waals surface area (Å²) < 4.78 is 1.86. The van der Waals surface area contributed by atoms with Crippen LogP contribution in [0, 0.1) is 0 Å². The topological polar surface area (TPSA) is 0 Å². The van der Waals surface area contributed by atoms with E-state index in [2.05, 4.69) is 81.4 Å². The van der Waals surface area contributed by atoms with Crippen molar-refractivity contribution in [2.75, 3.05) is 12.3 Å². The zero-order chi connectivity index (χ0) is 20.3. The SMILES string of the molecule is CCP(CC)C(C)[C]12[CH]3[CH]4[CH]5[C]1(P(c1ccccc1)c1ccccc1)[Fe]43521678[CH]2[CH]1[CH]6[CH]7[CH]28. The summed E-state index contributed by atoms with van der Waals surface area (Å²) in [6.07, 6.45) is 2.98. The van der Waals surface area contributed by atoms with Gasteiger partial charge in [0.15, 0.2) is 0 Å². The van der Waals surface area contributed by atoms with E-state index in [0.29, 0.717) is 0 Å². The fraction of sp³-hybridized carbons (Fsp3) is 0.571. The van der Waals surface area contributed by atoms with Crippen LogP contribution in [-0.4, -0.2) is 22.0 Å². The first kappa shape index (κ1) is 15.7. The fourth-order valence-electron chi connectivity index (χ4n) is 21.2. The zero-order valence-corrected chi connectivity index (χ0v) is 21.5. The Morgan fingerprint density at radius 1 is 0.742 bits per heavy atom. The first-order valence-electron chi connectivity index (χ1n) is 12.8. The van der Waals surface area contributed by atoms with Gasteiger partial charge < -0.3 is 0 Å². The second-order valence-electron chi connectivity index (χ2n) is 14.7. The van der Waals surface area contributed by atoms with Crippen LogP contribution < -0.4 is 10.6 Å². The molecule has 0 N–H and O–H groups in total. The maximum atomic E-state index is 2.85. The molecule has 2 aromatic rings. The average molecular weight is 486 g/mol. The van der Waals surface area contributed by atoms with Gasteiger partial charge in [0.2, 0.25) is 0 Å². The Morgan fingerprint density at radius 2 is 1.23 bits per heavy atom. The van der Waals surface area contributed by atoms with Crippen LogP contribution in [0.5, 0.6) is 0 Å². The van der Waals surface area contributed by atoms with E-state index in [-0.39, 0.29) is 15.8 Å². The molecule has 0 nitrogen and oxygen atoms in total. The van der Waals surface area contributed by atoms with Gasteiger partial charge in [-0.3, -0.25) is 0 Å². The molecule has 0 aliphatic carbocycles. The molecule has 0 saturated carbocycles. The molecule has 6 unspecified atom stereocenters. The van der Waals surface area contributed by atoms with Gasteiger partial charge in [0, 0.05) is 0 Å². The Kier molecular flexibility index (Phi) is 1.08. The van der Waals surface area contributed by atoms with E-state index in [1.807, 2.05) is 0 Å². The Morgan fingerprint density at radius 3 is 1.61 bits per heavy atom. The summed E-state index contributed by atoms with van der Waals surface area (Å²) in [5.74, 6) is 0. The number of rotatable bonds is 7. The summed E-state index contributed by atoms with van der Waals surface area (Å²) >= 11 is 0. The van der Waals surface area contributed by atoms with Crippen LogP contribution in [0.25, 0.3) is 0 Å². The molecule has 0 radical (unpaired) electrons. The van der Waals surface area contributed by atoms with Crippen molar-refractivity contribution in [3.8, 4) is 0 Å². The summed E-state index contributed by atoms with van der Waals surface area (Å²) in [4.78, 5) is 11.1. The Bertz CT molecular complexity index is 1570. The van der Waals surface area contributed by atoms with Crippen molar-refractivity contribution in [3.05, 3.63) is 60.7 Å². The number of fused-ring (bicyclic) bond motifs is 10. The summed E-state index contributed by atoms with van der Waals surface area (Å²) in [7, 11) is 0.0537. The van der Waals surface area contributed by atoms with Crippen LogP contribution in [0.4, 0.5) is 0 Å². The fourth-order valence-corrected chi connectivity index (χ4v) is 118. The van der Waals surface area contributed by atoms with Crippen molar-refractivity contribution in [2.24, 2.45) is 0 Å². The van der Waals surface area contributed by atoms with Crippen molar-refractivity contribution in [3.63, 3.8) is 0 Å². The van der Waals surface area contributed by atoms with Gasteiger partial charge in [-0.05, 0) is 0 Å². The third kappa shape index (κ3) is 0.315. The minimum atomic E-state index is -3.49. The molecular formula is C28H32FeP2. The van der Waals surface area contributed by atoms with Crippen molar-refractivity contribution >= 4 is 26.5 Å². The molecule has 0 bridgehead atoms. The summed E-state index contributed by atoms with van der Waals surface area (Å²) in [5.41, 5.74) is 1.10. The van der Waals surface area contributed by atoms with Crippen LogP contribution in [0.15, 0.2) is 60.7 Å². The summed E-state index contributed by atoms with van der Waals surface area (Å²) in [6, 6.07) is 24.2. The van der Waals surface area contributed by atoms with Crippen LogP contribution >= 0.6 is 15.8 Å². The van der Waals surface area contributed by atoms with Gasteiger partial charge in [-0.2, -0.15) is 0 Å². The van der Waals surface area contributed by atoms with Gasteiger partial charge in [0.05, 0.1) is 0 Å². The molecule has 10 fully saturated rings. The van der Waals surface area contributed by atoms with Crippen LogP contribution in [0.1, 0.15) is 20.8 Å². The molecule has 10 saturated heterocycles. The quantitative estimate of drug-likeness (QED) is 0.278. The predicted octanol–water partition coefficient (Wildman–Crippen LogP) is 7.70. The van der Waals surface area contributed by atoms with E-state index < -0.39 is 6.51 Å². The molecule has 12 rings (SSSR count). The van der Waals surface area contributed by atoms with E-state index in [0.717, 1.165) is 14.0 Å². The van der Waals surface area contributed by atoms with Crippen LogP contribution in [0.3, 0.4) is 0 Å². The Balaban J connectivity index is 1.24. The molecule has 10 aliphatic heterocycles. The van der Waals surface area contributed by atoms with E-state index in [9.17, 15) is 0 Å². The third-order valence-corrected chi connectivity index (χ3v) is 72.8. The summed E-state index contributed by atoms with van der Waals surface area (Å²) in [6.45, 7) is 4.45. The van der Waals surface area contributed by atoms with E-state index >= 15 is 0 Å². The number of hydrogen-bond donors (Lipinski definition) is 0. The molecule has 31 heavy (non-hydrogen) atoms. The van der Waals surface area contributed by atoms with Crippen molar-refractivity contribution < 1.29 is 6.51 Å². The van der Waals surface area contributed by atoms with E-state index in [1.54, 1.807) is 10.6 Å². The standard InChI is InChI=1S/C23H27P2.C5H5.Fe/c1-4-24(5-2)19(3)22-17-12-18-23(22)25(20-13-8-6-9-14-20)21-15-10-7-11-16-21;1-2-4-5-3-1;/h6-19H,4-5H2,1-3H3;1-5H;. The van der Waals surface area contributed by atoms with E-state index in [1.165, 1.54) is 50.9 Å². The normalized spacial score (nSPS) is 74.4. The first-order chi connectivity index (χ1) is 15.0. The molecular weight excluding hydrogens is 454 g/mol. The first-order valence-corrected chi connectivity index (χ1v) is 22.1. The summed E-state index contributed by atoms with van der Waals surface area (Å²) in [5, 5.41) is 3.53. The van der Waals surface area contributed by atoms with Crippen molar-refractivity contribution in [1.29, 1.82) is 0 Å². The average Bonchev–Trinajstić information content (AvgIpc) is 3.76. The van der Waals surface area contributed by atoms with Crippen LogP contribution in [-0.2, 0) is 6.51 Å². The molecule has 3 heteroatoms. The van der Waals surface area contributed by atoms with Crippen molar-refractivity contribution in [1.82, 2.24) is 0 Å². The second kappa shape index (κ2) is 2.13. The van der Waals surface area contributed by atoms with Gasteiger partial charge >= 0.3 is 179 Å².